The second kappa shape index (κ2) is 5.49. The van der Waals surface area contributed by atoms with Crippen LogP contribution < -0.4 is 0 Å². The van der Waals surface area contributed by atoms with Crippen molar-refractivity contribution in [1.82, 2.24) is 0 Å². The quantitative estimate of drug-likeness (QED) is 0.780. The Hall–Kier alpha value is -1.48. The maximum Gasteiger partial charge on any atom is 0.244 e. The number of hydrogen-bond acceptors (Lipinski definition) is 3. The number of Topliss-reactive ketones (excluding diaryl/α,β-unsaturated/α-hetero) is 1. The van der Waals surface area contributed by atoms with Gasteiger partial charge in [0.15, 0.2) is 5.78 Å². The van der Waals surface area contributed by atoms with Gasteiger partial charge in [-0.1, -0.05) is 36.8 Å². The lowest BCUT2D eigenvalue weighted by atomic mass is 9.65. The summed E-state index contributed by atoms with van der Waals surface area (Å²) in [7, 11) is 0. The zero-order valence-corrected chi connectivity index (χ0v) is 11.9. The second-order valence-electron chi connectivity index (χ2n) is 5.35. The van der Waals surface area contributed by atoms with E-state index in [1.807, 2.05) is 30.3 Å². The summed E-state index contributed by atoms with van der Waals surface area (Å²) in [6.07, 6.45) is 4.60. The van der Waals surface area contributed by atoms with E-state index in [9.17, 15) is 4.79 Å². The Morgan fingerprint density at radius 3 is 2.65 bits per heavy atom. The average molecular weight is 293 g/mol. The molecule has 3 nitrogen and oxygen atoms in total. The molecule has 3 rings (SSSR count). The molecule has 0 saturated heterocycles. The number of allylic oxidation sites excluding steroid dienone is 1. The molecule has 1 atom stereocenters. The van der Waals surface area contributed by atoms with Crippen molar-refractivity contribution < 1.29 is 14.3 Å². The molecule has 1 unspecified atom stereocenters. The van der Waals surface area contributed by atoms with Crippen LogP contribution in [0, 0.1) is 5.41 Å². The Bertz CT molecular complexity index is 520. The first kappa shape index (κ1) is 13.5. The molecule has 0 radical (unpaired) electrons. The number of halogens is 1. The summed E-state index contributed by atoms with van der Waals surface area (Å²) in [5.41, 5.74) is 0.631. The van der Waals surface area contributed by atoms with Crippen LogP contribution in [0.1, 0.15) is 24.8 Å². The van der Waals surface area contributed by atoms with Crippen LogP contribution in [0.4, 0.5) is 0 Å². The Morgan fingerprint density at radius 1 is 1.30 bits per heavy atom. The van der Waals surface area contributed by atoms with Crippen LogP contribution in [-0.2, 0) is 20.7 Å². The number of ether oxygens (including phenoxy) is 2. The highest BCUT2D eigenvalue weighted by Crippen LogP contribution is 2.50. The van der Waals surface area contributed by atoms with E-state index in [0.717, 1.165) is 24.8 Å². The van der Waals surface area contributed by atoms with Crippen molar-refractivity contribution in [2.24, 2.45) is 5.41 Å². The predicted molar refractivity (Wildman–Crippen MR) is 76.2 cm³/mol. The molecule has 0 bridgehead atoms. The van der Waals surface area contributed by atoms with Crippen LogP contribution in [0.25, 0.3) is 0 Å². The van der Waals surface area contributed by atoms with E-state index in [2.05, 4.69) is 0 Å². The van der Waals surface area contributed by atoms with E-state index < -0.39 is 5.41 Å². The molecular weight excluding hydrogens is 276 g/mol. The van der Waals surface area contributed by atoms with Gasteiger partial charge in [-0.2, -0.15) is 0 Å². The molecule has 1 aliphatic heterocycles. The zero-order chi connectivity index (χ0) is 14.0. The maximum absolute atomic E-state index is 12.1. The molecule has 1 aromatic rings. The number of benzene rings is 1. The summed E-state index contributed by atoms with van der Waals surface area (Å²) in [6.45, 7) is 0. The fourth-order valence-electron chi connectivity index (χ4n) is 2.78. The molecule has 2 aliphatic rings. The van der Waals surface area contributed by atoms with Crippen molar-refractivity contribution in [3.05, 3.63) is 47.9 Å². The summed E-state index contributed by atoms with van der Waals surface area (Å²) in [5.74, 6) is 0.736. The van der Waals surface area contributed by atoms with Gasteiger partial charge in [-0.15, -0.1) is 11.6 Å². The SMILES string of the molecule is O=C(CCl)C1(C2=COC(Cc3ccccc3)O2)CCC1. The van der Waals surface area contributed by atoms with Crippen molar-refractivity contribution in [3.63, 3.8) is 0 Å². The molecule has 1 aromatic carbocycles. The molecule has 1 heterocycles. The lowest BCUT2D eigenvalue weighted by Gasteiger charge is -2.39. The number of hydrogen-bond donors (Lipinski definition) is 0. The monoisotopic (exact) mass is 292 g/mol. The molecule has 1 fully saturated rings. The highest BCUT2D eigenvalue weighted by Gasteiger charge is 2.50. The topological polar surface area (TPSA) is 35.5 Å². The standard InChI is InChI=1S/C16H17ClO3/c17-10-13(18)16(7-4-8-16)14-11-19-15(20-14)9-12-5-2-1-3-6-12/h1-3,5-6,11,15H,4,7-10H2. The molecule has 0 amide bonds. The van der Waals surface area contributed by atoms with Gasteiger partial charge in [-0.05, 0) is 18.4 Å². The van der Waals surface area contributed by atoms with Gasteiger partial charge in [0, 0.05) is 6.42 Å². The van der Waals surface area contributed by atoms with E-state index >= 15 is 0 Å². The second-order valence-corrected chi connectivity index (χ2v) is 5.62. The lowest BCUT2D eigenvalue weighted by Crippen LogP contribution is -2.41. The van der Waals surface area contributed by atoms with E-state index in [-0.39, 0.29) is 18.0 Å². The van der Waals surface area contributed by atoms with Gasteiger partial charge in [0.05, 0.1) is 11.3 Å². The minimum absolute atomic E-state index is 0.0318. The molecule has 1 saturated carbocycles. The maximum atomic E-state index is 12.1. The first-order valence-electron chi connectivity index (χ1n) is 6.90. The Balaban J connectivity index is 1.65. The summed E-state index contributed by atoms with van der Waals surface area (Å²) in [6, 6.07) is 10.0. The number of carbonyl (C=O) groups excluding carboxylic acids is 1. The summed E-state index contributed by atoms with van der Waals surface area (Å²) >= 11 is 5.72. The molecule has 0 spiro atoms. The van der Waals surface area contributed by atoms with E-state index in [1.165, 1.54) is 0 Å². The summed E-state index contributed by atoms with van der Waals surface area (Å²) in [5, 5.41) is 0. The van der Waals surface area contributed by atoms with Crippen LogP contribution in [0.5, 0.6) is 0 Å². The Kier molecular flexibility index (Phi) is 3.70. The number of rotatable bonds is 5. The molecule has 4 heteroatoms. The molecule has 0 N–H and O–H groups in total. The predicted octanol–water partition coefficient (Wildman–Crippen LogP) is 3.42. The minimum Gasteiger partial charge on any atom is -0.459 e. The van der Waals surface area contributed by atoms with Gasteiger partial charge in [-0.3, -0.25) is 4.79 Å². The van der Waals surface area contributed by atoms with Gasteiger partial charge < -0.3 is 9.47 Å². The van der Waals surface area contributed by atoms with Crippen LogP contribution in [0.2, 0.25) is 0 Å². The summed E-state index contributed by atoms with van der Waals surface area (Å²) in [4.78, 5) is 12.1. The van der Waals surface area contributed by atoms with Crippen LogP contribution in [0.15, 0.2) is 42.4 Å². The first-order valence-corrected chi connectivity index (χ1v) is 7.44. The third-order valence-electron chi connectivity index (χ3n) is 4.16. The highest BCUT2D eigenvalue weighted by atomic mass is 35.5. The normalized spacial score (nSPS) is 23.2. The van der Waals surface area contributed by atoms with Gasteiger partial charge >= 0.3 is 0 Å². The summed E-state index contributed by atoms with van der Waals surface area (Å²) < 4.78 is 11.4. The number of alkyl halides is 1. The largest absolute Gasteiger partial charge is 0.459 e. The third-order valence-corrected chi connectivity index (χ3v) is 4.41. The minimum atomic E-state index is -0.521. The van der Waals surface area contributed by atoms with Crippen molar-refractivity contribution in [2.75, 3.05) is 5.88 Å². The Labute approximate surface area is 123 Å². The zero-order valence-electron chi connectivity index (χ0n) is 11.2. The molecule has 20 heavy (non-hydrogen) atoms. The van der Waals surface area contributed by atoms with Crippen LogP contribution in [0.3, 0.4) is 0 Å². The average Bonchev–Trinajstić information content (AvgIpc) is 2.87. The van der Waals surface area contributed by atoms with Crippen molar-refractivity contribution in [2.45, 2.75) is 32.0 Å². The van der Waals surface area contributed by atoms with Crippen LogP contribution >= 0.6 is 11.6 Å². The Morgan fingerprint density at radius 2 is 2.05 bits per heavy atom. The van der Waals surface area contributed by atoms with Crippen LogP contribution in [-0.4, -0.2) is 18.0 Å². The fourth-order valence-corrected chi connectivity index (χ4v) is 3.03. The molecule has 0 aromatic heterocycles. The first-order chi connectivity index (χ1) is 9.74. The molecule has 106 valence electrons. The highest BCUT2D eigenvalue weighted by molar-refractivity contribution is 6.28. The molecule has 1 aliphatic carbocycles. The van der Waals surface area contributed by atoms with E-state index in [0.29, 0.717) is 12.2 Å². The smallest absolute Gasteiger partial charge is 0.244 e. The van der Waals surface area contributed by atoms with Crippen molar-refractivity contribution in [1.29, 1.82) is 0 Å². The van der Waals surface area contributed by atoms with Gasteiger partial charge in [0.25, 0.3) is 0 Å². The third kappa shape index (κ3) is 2.31. The van der Waals surface area contributed by atoms with E-state index in [1.54, 1.807) is 6.26 Å². The fraction of sp³-hybridized carbons (Fsp3) is 0.438. The molecular formula is C16H17ClO3. The van der Waals surface area contributed by atoms with E-state index in [4.69, 9.17) is 21.1 Å². The van der Waals surface area contributed by atoms with Gasteiger partial charge in [0.2, 0.25) is 6.29 Å². The number of ketones is 1. The van der Waals surface area contributed by atoms with Crippen molar-refractivity contribution in [3.8, 4) is 0 Å². The lowest BCUT2D eigenvalue weighted by molar-refractivity contribution is -0.132. The van der Waals surface area contributed by atoms with Crippen molar-refractivity contribution >= 4 is 17.4 Å². The van der Waals surface area contributed by atoms with Gasteiger partial charge in [0.1, 0.15) is 12.0 Å². The van der Waals surface area contributed by atoms with Gasteiger partial charge in [-0.25, -0.2) is 0 Å². The number of carbonyl (C=O) groups is 1.